The van der Waals surface area contributed by atoms with E-state index in [0.717, 1.165) is 25.7 Å². The van der Waals surface area contributed by atoms with E-state index in [1.165, 1.54) is 0 Å². The molecule has 4 N–H and O–H groups in total. The van der Waals surface area contributed by atoms with E-state index in [1.807, 2.05) is 6.92 Å². The van der Waals surface area contributed by atoms with Crippen LogP contribution in [-0.4, -0.2) is 79.3 Å². The first-order chi connectivity index (χ1) is 10.8. The fraction of sp³-hybridized carbons (Fsp3) is 1.00. The minimum Gasteiger partial charge on any atom is -0.395 e. The summed E-state index contributed by atoms with van der Waals surface area (Å²) >= 11 is 0. The highest BCUT2D eigenvalue weighted by atomic mass is 32.3. The Kier molecular flexibility index (Phi) is 18.0. The molecule has 0 saturated carbocycles. The van der Waals surface area contributed by atoms with Gasteiger partial charge >= 0.3 is 10.4 Å². The summed E-state index contributed by atoms with van der Waals surface area (Å²) in [6, 6.07) is 0. The van der Waals surface area contributed by atoms with E-state index in [9.17, 15) is 8.42 Å². The van der Waals surface area contributed by atoms with Gasteiger partial charge in [0.25, 0.3) is 0 Å². The quantitative estimate of drug-likeness (QED) is 0.346. The highest BCUT2D eigenvalue weighted by Crippen LogP contribution is 2.13. The van der Waals surface area contributed by atoms with Crippen molar-refractivity contribution in [3.63, 3.8) is 0 Å². The first-order valence-corrected chi connectivity index (χ1v) is 9.37. The maximum atomic E-state index is 10.3. The molecule has 1 atom stereocenters. The van der Waals surface area contributed by atoms with Crippen molar-refractivity contribution >= 4 is 10.4 Å². The van der Waals surface area contributed by atoms with Gasteiger partial charge in [-0.05, 0) is 12.3 Å². The number of rotatable bonds is 13. The minimum atomic E-state index is -4.25. The molecule has 142 valence electrons. The van der Waals surface area contributed by atoms with Gasteiger partial charge in [-0.3, -0.25) is 9.45 Å². The van der Waals surface area contributed by atoms with E-state index in [0.29, 0.717) is 19.6 Å². The smallest absolute Gasteiger partial charge is 0.395 e. The highest BCUT2D eigenvalue weighted by molar-refractivity contribution is 7.80. The van der Waals surface area contributed by atoms with Gasteiger partial charge in [0.2, 0.25) is 0 Å². The van der Waals surface area contributed by atoms with Crippen molar-refractivity contribution in [1.29, 1.82) is 0 Å². The van der Waals surface area contributed by atoms with Crippen LogP contribution in [-0.2, 0) is 14.6 Å². The molecule has 23 heavy (non-hydrogen) atoms. The standard InChI is InChI=1S/C8H18O4S.C6H15NO3/c1-3-5-6-8(4-2)7-12-13(9,10)11;8-4-1-7(2-5-9)3-6-10/h8H,3-7H2,1-2H3,(H,9,10,11);8-10H,1-6H2. The molecular weight excluding hydrogens is 326 g/mol. The van der Waals surface area contributed by atoms with Crippen LogP contribution in [0.5, 0.6) is 0 Å². The van der Waals surface area contributed by atoms with Crippen molar-refractivity contribution in [3.8, 4) is 0 Å². The van der Waals surface area contributed by atoms with E-state index >= 15 is 0 Å². The maximum Gasteiger partial charge on any atom is 0.397 e. The number of hydrogen-bond acceptors (Lipinski definition) is 7. The minimum absolute atomic E-state index is 0.0694. The van der Waals surface area contributed by atoms with Crippen molar-refractivity contribution in [3.05, 3.63) is 0 Å². The molecule has 0 aliphatic heterocycles. The largest absolute Gasteiger partial charge is 0.397 e. The SMILES string of the molecule is CCCCC(CC)COS(=O)(=O)O.OCCN(CCO)CCO. The maximum absolute atomic E-state index is 10.3. The van der Waals surface area contributed by atoms with Gasteiger partial charge in [-0.2, -0.15) is 8.42 Å². The number of hydrogen-bond donors (Lipinski definition) is 4. The molecule has 0 bridgehead atoms. The molecule has 0 fully saturated rings. The van der Waals surface area contributed by atoms with Gasteiger partial charge in [-0.15, -0.1) is 0 Å². The van der Waals surface area contributed by atoms with Crippen molar-refractivity contribution in [2.45, 2.75) is 39.5 Å². The lowest BCUT2D eigenvalue weighted by Crippen LogP contribution is -2.32. The number of aliphatic hydroxyl groups excluding tert-OH is 3. The Hall–Kier alpha value is -0.290. The molecule has 0 aromatic rings. The average Bonchev–Trinajstić information content (AvgIpc) is 2.48. The van der Waals surface area contributed by atoms with Crippen molar-refractivity contribution in [2.75, 3.05) is 46.1 Å². The van der Waals surface area contributed by atoms with Crippen LogP contribution in [0.25, 0.3) is 0 Å². The van der Waals surface area contributed by atoms with Gasteiger partial charge in [0.1, 0.15) is 0 Å². The summed E-state index contributed by atoms with van der Waals surface area (Å²) in [5.74, 6) is 0.224. The van der Waals surface area contributed by atoms with Crippen LogP contribution in [0, 0.1) is 5.92 Å². The summed E-state index contributed by atoms with van der Waals surface area (Å²) < 4.78 is 33.2. The summed E-state index contributed by atoms with van der Waals surface area (Å²) in [6.07, 6.45) is 3.97. The van der Waals surface area contributed by atoms with Gasteiger partial charge in [-0.1, -0.05) is 33.1 Å². The lowest BCUT2D eigenvalue weighted by atomic mass is 10.0. The van der Waals surface area contributed by atoms with Gasteiger partial charge in [0.15, 0.2) is 0 Å². The number of nitrogens with zero attached hydrogens (tertiary/aromatic N) is 1. The van der Waals surface area contributed by atoms with Crippen molar-refractivity contribution in [2.24, 2.45) is 5.92 Å². The number of aliphatic hydroxyl groups is 3. The van der Waals surface area contributed by atoms with Crippen LogP contribution < -0.4 is 0 Å². The zero-order valence-corrected chi connectivity index (χ0v) is 15.0. The van der Waals surface area contributed by atoms with Crippen molar-refractivity contribution < 1.29 is 32.5 Å². The molecule has 0 aromatic carbocycles. The summed E-state index contributed by atoms with van der Waals surface area (Å²) in [5, 5.41) is 25.5. The normalized spacial score (nSPS) is 12.8. The Morgan fingerprint density at radius 2 is 1.48 bits per heavy atom. The van der Waals surface area contributed by atoms with E-state index < -0.39 is 10.4 Å². The van der Waals surface area contributed by atoms with E-state index in [-0.39, 0.29) is 32.3 Å². The molecule has 9 heteroatoms. The Labute approximate surface area is 140 Å². The predicted molar refractivity (Wildman–Crippen MR) is 88.5 cm³/mol. The third kappa shape index (κ3) is 19.7. The van der Waals surface area contributed by atoms with Crippen molar-refractivity contribution in [1.82, 2.24) is 4.90 Å². The third-order valence-electron chi connectivity index (χ3n) is 3.24. The van der Waals surface area contributed by atoms with Crippen LogP contribution in [0.2, 0.25) is 0 Å². The molecule has 0 heterocycles. The van der Waals surface area contributed by atoms with Crippen LogP contribution in [0.4, 0.5) is 0 Å². The molecule has 0 aromatic heterocycles. The van der Waals surface area contributed by atoms with Gasteiger partial charge < -0.3 is 15.3 Å². The monoisotopic (exact) mass is 359 g/mol. The molecule has 0 spiro atoms. The zero-order valence-electron chi connectivity index (χ0n) is 14.2. The average molecular weight is 359 g/mol. The van der Waals surface area contributed by atoms with E-state index in [4.69, 9.17) is 19.9 Å². The Morgan fingerprint density at radius 1 is 1.00 bits per heavy atom. The molecule has 0 saturated heterocycles. The lowest BCUT2D eigenvalue weighted by molar-refractivity contribution is 0.136. The van der Waals surface area contributed by atoms with E-state index in [1.54, 1.807) is 4.90 Å². The Morgan fingerprint density at radius 3 is 1.78 bits per heavy atom. The molecular formula is C14H33NO7S. The second-order valence-electron chi connectivity index (χ2n) is 5.14. The lowest BCUT2D eigenvalue weighted by Gasteiger charge is -2.17. The Balaban J connectivity index is 0. The first kappa shape index (κ1) is 25.0. The molecule has 0 rings (SSSR count). The second kappa shape index (κ2) is 16.6. The van der Waals surface area contributed by atoms with E-state index in [2.05, 4.69) is 11.1 Å². The van der Waals surface area contributed by atoms with Gasteiger partial charge in [0, 0.05) is 19.6 Å². The highest BCUT2D eigenvalue weighted by Gasteiger charge is 2.11. The summed E-state index contributed by atoms with van der Waals surface area (Å²) in [5.41, 5.74) is 0. The van der Waals surface area contributed by atoms with Crippen LogP contribution in [0.3, 0.4) is 0 Å². The summed E-state index contributed by atoms with van der Waals surface area (Å²) in [6.45, 7) is 5.91. The molecule has 0 amide bonds. The first-order valence-electron chi connectivity index (χ1n) is 8.01. The molecule has 8 nitrogen and oxygen atoms in total. The van der Waals surface area contributed by atoms with Gasteiger partial charge in [0.05, 0.1) is 26.4 Å². The molecule has 0 aliphatic rings. The number of unbranched alkanes of at least 4 members (excludes halogenated alkanes) is 1. The predicted octanol–water partition coefficient (Wildman–Crippen LogP) is 0.288. The molecule has 1 unspecified atom stereocenters. The van der Waals surface area contributed by atoms with Gasteiger partial charge in [-0.25, -0.2) is 4.18 Å². The fourth-order valence-electron chi connectivity index (χ4n) is 1.84. The topological polar surface area (TPSA) is 128 Å². The van der Waals surface area contributed by atoms with Crippen LogP contribution in [0.1, 0.15) is 39.5 Å². The summed E-state index contributed by atoms with van der Waals surface area (Å²) in [7, 11) is -4.25. The van der Waals surface area contributed by atoms with Crippen LogP contribution >= 0.6 is 0 Å². The zero-order chi connectivity index (χ0) is 18.1. The molecule has 0 aliphatic carbocycles. The van der Waals surface area contributed by atoms with Crippen LogP contribution in [0.15, 0.2) is 0 Å². The summed E-state index contributed by atoms with van der Waals surface area (Å²) in [4.78, 5) is 1.79. The second-order valence-corrected chi connectivity index (χ2v) is 6.23. The third-order valence-corrected chi connectivity index (χ3v) is 3.68. The molecule has 0 radical (unpaired) electrons. The Bertz CT molecular complexity index is 324. The fourth-order valence-corrected chi connectivity index (χ4v) is 2.20.